The number of hydrogen-bond donors (Lipinski definition) is 2. The van der Waals surface area contributed by atoms with Gasteiger partial charge in [-0.2, -0.15) is 8.78 Å². The van der Waals surface area contributed by atoms with Crippen LogP contribution in [0.4, 0.5) is 19.3 Å². The molecule has 1 aromatic rings. The van der Waals surface area contributed by atoms with Crippen molar-refractivity contribution in [3.63, 3.8) is 0 Å². The molecule has 1 aliphatic rings. The number of ether oxygens (including phenoxy) is 2. The molecule has 0 bridgehead atoms. The molecule has 2 atom stereocenters. The molecule has 2 amide bonds. The molecule has 1 aromatic carbocycles. The molecule has 25 heavy (non-hydrogen) atoms. The van der Waals surface area contributed by atoms with E-state index >= 15 is 0 Å². The van der Waals surface area contributed by atoms with Crippen LogP contribution in [0.1, 0.15) is 38.2 Å². The molecule has 1 saturated carbocycles. The quantitative estimate of drug-likeness (QED) is 0.716. The van der Waals surface area contributed by atoms with Crippen molar-refractivity contribution in [3.8, 4) is 5.75 Å². The molecule has 140 valence electrons. The van der Waals surface area contributed by atoms with Crippen molar-refractivity contribution < 1.29 is 23.0 Å². The number of carbonyl (C=O) groups is 1. The van der Waals surface area contributed by atoms with Gasteiger partial charge in [-0.15, -0.1) is 0 Å². The van der Waals surface area contributed by atoms with Crippen molar-refractivity contribution in [2.75, 3.05) is 18.5 Å². The number of carbonyl (C=O) groups excluding carboxylic acids is 1. The smallest absolute Gasteiger partial charge is 0.387 e. The fourth-order valence-corrected chi connectivity index (χ4v) is 3.06. The third-order valence-electron chi connectivity index (χ3n) is 4.44. The van der Waals surface area contributed by atoms with Crippen LogP contribution >= 0.6 is 0 Å². The van der Waals surface area contributed by atoms with Gasteiger partial charge in [-0.25, -0.2) is 4.79 Å². The van der Waals surface area contributed by atoms with Crippen LogP contribution in [0.15, 0.2) is 18.2 Å². The second-order valence-electron chi connectivity index (χ2n) is 6.38. The summed E-state index contributed by atoms with van der Waals surface area (Å²) in [5, 5.41) is 5.24. The Labute approximate surface area is 147 Å². The highest BCUT2D eigenvalue weighted by Crippen LogP contribution is 2.29. The summed E-state index contributed by atoms with van der Waals surface area (Å²) in [6.07, 6.45) is 4.93. The van der Waals surface area contributed by atoms with Gasteiger partial charge >= 0.3 is 12.6 Å². The standard InChI is InChI=1S/C18H26F2N2O3/c1-12-6-3-4-8-14(12)24-11-10-21-18(23)22-16-13(2)7-5-9-15(16)25-17(19)20/h5,7,9,12,14,17H,3-4,6,8,10-11H2,1-2H3,(H2,21,22,23). The Bertz CT molecular complexity index is 569. The number of amides is 2. The first-order valence-electron chi connectivity index (χ1n) is 8.68. The molecule has 2 unspecified atom stereocenters. The van der Waals surface area contributed by atoms with E-state index in [0.717, 1.165) is 6.42 Å². The maximum atomic E-state index is 12.5. The topological polar surface area (TPSA) is 59.6 Å². The number of halogens is 2. The monoisotopic (exact) mass is 356 g/mol. The van der Waals surface area contributed by atoms with Crippen LogP contribution in [0.3, 0.4) is 0 Å². The minimum absolute atomic E-state index is 0.0579. The molecule has 2 rings (SSSR count). The highest BCUT2D eigenvalue weighted by Gasteiger charge is 2.21. The first-order valence-corrected chi connectivity index (χ1v) is 8.68. The SMILES string of the molecule is Cc1cccc(OC(F)F)c1NC(=O)NCCOC1CCCCC1C. The van der Waals surface area contributed by atoms with Gasteiger partial charge < -0.3 is 20.1 Å². The van der Waals surface area contributed by atoms with Crippen molar-refractivity contribution in [1.29, 1.82) is 0 Å². The molecule has 1 aliphatic carbocycles. The average molecular weight is 356 g/mol. The first-order chi connectivity index (χ1) is 12.0. The molecule has 0 aliphatic heterocycles. The molecular weight excluding hydrogens is 330 g/mol. The molecule has 0 spiro atoms. The largest absolute Gasteiger partial charge is 0.433 e. The number of urea groups is 1. The minimum atomic E-state index is -2.95. The van der Waals surface area contributed by atoms with Gasteiger partial charge in [-0.05, 0) is 37.3 Å². The zero-order chi connectivity index (χ0) is 18.2. The van der Waals surface area contributed by atoms with E-state index in [1.54, 1.807) is 19.1 Å². The summed E-state index contributed by atoms with van der Waals surface area (Å²) < 4.78 is 35.2. The van der Waals surface area contributed by atoms with Crippen molar-refractivity contribution in [2.45, 2.75) is 52.2 Å². The predicted molar refractivity (Wildman–Crippen MR) is 92.2 cm³/mol. The van der Waals surface area contributed by atoms with Crippen molar-refractivity contribution in [1.82, 2.24) is 5.32 Å². The van der Waals surface area contributed by atoms with Gasteiger partial charge in [-0.3, -0.25) is 0 Å². The first kappa shape index (κ1) is 19.4. The van der Waals surface area contributed by atoms with Crippen LogP contribution < -0.4 is 15.4 Å². The lowest BCUT2D eigenvalue weighted by Gasteiger charge is -2.28. The van der Waals surface area contributed by atoms with E-state index in [1.165, 1.54) is 25.3 Å². The maximum absolute atomic E-state index is 12.5. The molecule has 0 heterocycles. The number of alkyl halides is 2. The zero-order valence-electron chi connectivity index (χ0n) is 14.7. The Hall–Kier alpha value is -1.89. The fourth-order valence-electron chi connectivity index (χ4n) is 3.06. The molecule has 5 nitrogen and oxygen atoms in total. The Morgan fingerprint density at radius 3 is 2.80 bits per heavy atom. The normalized spacial score (nSPS) is 20.4. The Morgan fingerprint density at radius 1 is 1.32 bits per heavy atom. The van der Waals surface area contributed by atoms with Gasteiger partial charge in [0.05, 0.1) is 18.4 Å². The minimum Gasteiger partial charge on any atom is -0.433 e. The molecular formula is C18H26F2N2O3. The van der Waals surface area contributed by atoms with Crippen molar-refractivity contribution in [3.05, 3.63) is 23.8 Å². The number of rotatable bonds is 7. The average Bonchev–Trinajstić information content (AvgIpc) is 2.56. The number of benzene rings is 1. The van der Waals surface area contributed by atoms with Gasteiger partial charge in [0, 0.05) is 6.54 Å². The molecule has 0 radical (unpaired) electrons. The summed E-state index contributed by atoms with van der Waals surface area (Å²) in [5.74, 6) is 0.487. The summed E-state index contributed by atoms with van der Waals surface area (Å²) >= 11 is 0. The second-order valence-corrected chi connectivity index (χ2v) is 6.38. The van der Waals surface area contributed by atoms with E-state index in [2.05, 4.69) is 22.3 Å². The highest BCUT2D eigenvalue weighted by atomic mass is 19.3. The summed E-state index contributed by atoms with van der Waals surface area (Å²) in [4.78, 5) is 12.0. The van der Waals surface area contributed by atoms with Crippen LogP contribution in [0.2, 0.25) is 0 Å². The lowest BCUT2D eigenvalue weighted by molar-refractivity contribution is -0.0493. The third-order valence-corrected chi connectivity index (χ3v) is 4.44. The predicted octanol–water partition coefficient (Wildman–Crippen LogP) is 4.31. The molecule has 0 saturated heterocycles. The van der Waals surface area contributed by atoms with Gasteiger partial charge in [0.2, 0.25) is 0 Å². The van der Waals surface area contributed by atoms with Gasteiger partial charge in [0.25, 0.3) is 0 Å². The zero-order valence-corrected chi connectivity index (χ0v) is 14.7. The van der Waals surface area contributed by atoms with E-state index in [4.69, 9.17) is 4.74 Å². The summed E-state index contributed by atoms with van der Waals surface area (Å²) in [5.41, 5.74) is 0.878. The third kappa shape index (κ3) is 6.16. The van der Waals surface area contributed by atoms with E-state index in [9.17, 15) is 13.6 Å². The van der Waals surface area contributed by atoms with Gasteiger partial charge in [0.1, 0.15) is 5.75 Å². The Balaban J connectivity index is 1.78. The summed E-state index contributed by atoms with van der Waals surface area (Å²) in [6, 6.07) is 4.22. The Morgan fingerprint density at radius 2 is 2.08 bits per heavy atom. The van der Waals surface area contributed by atoms with Crippen LogP contribution in [0, 0.1) is 12.8 Å². The van der Waals surface area contributed by atoms with Gasteiger partial charge in [0.15, 0.2) is 0 Å². The number of nitrogens with one attached hydrogen (secondary N) is 2. The second kappa shape index (κ2) is 9.56. The summed E-state index contributed by atoms with van der Waals surface area (Å²) in [6.45, 7) is 1.73. The van der Waals surface area contributed by atoms with Crippen LogP contribution in [0.5, 0.6) is 5.75 Å². The van der Waals surface area contributed by atoms with E-state index in [0.29, 0.717) is 24.6 Å². The van der Waals surface area contributed by atoms with Crippen molar-refractivity contribution in [2.24, 2.45) is 5.92 Å². The molecule has 2 N–H and O–H groups in total. The molecule has 7 heteroatoms. The van der Waals surface area contributed by atoms with Crippen LogP contribution in [-0.2, 0) is 4.74 Å². The van der Waals surface area contributed by atoms with Crippen molar-refractivity contribution >= 4 is 11.7 Å². The Kier molecular flexibility index (Phi) is 7.43. The summed E-state index contributed by atoms with van der Waals surface area (Å²) in [7, 11) is 0. The van der Waals surface area contributed by atoms with Gasteiger partial charge in [-0.1, -0.05) is 31.9 Å². The van der Waals surface area contributed by atoms with E-state index in [-0.39, 0.29) is 17.5 Å². The number of anilines is 1. The number of aryl methyl sites for hydroxylation is 1. The van der Waals surface area contributed by atoms with Crippen LogP contribution in [-0.4, -0.2) is 31.9 Å². The molecule has 0 aromatic heterocycles. The fraction of sp³-hybridized carbons (Fsp3) is 0.611. The van der Waals surface area contributed by atoms with Crippen LogP contribution in [0.25, 0.3) is 0 Å². The number of hydrogen-bond acceptors (Lipinski definition) is 3. The number of para-hydroxylation sites is 1. The lowest BCUT2D eigenvalue weighted by atomic mass is 9.88. The lowest BCUT2D eigenvalue weighted by Crippen LogP contribution is -2.34. The molecule has 1 fully saturated rings. The maximum Gasteiger partial charge on any atom is 0.387 e. The van der Waals surface area contributed by atoms with E-state index < -0.39 is 12.6 Å². The van der Waals surface area contributed by atoms with E-state index in [1.807, 2.05) is 0 Å². The highest BCUT2D eigenvalue weighted by molar-refractivity contribution is 5.91.